The highest BCUT2D eigenvalue weighted by Crippen LogP contribution is 2.28. The van der Waals surface area contributed by atoms with Crippen LogP contribution in [0.4, 0.5) is 5.69 Å². The predicted molar refractivity (Wildman–Crippen MR) is 152 cm³/mol. The molecule has 0 saturated heterocycles. The number of ether oxygens (including phenoxy) is 1. The fourth-order valence-electron chi connectivity index (χ4n) is 4.25. The summed E-state index contributed by atoms with van der Waals surface area (Å²) in [5.41, 5.74) is 8.38. The van der Waals surface area contributed by atoms with Crippen molar-refractivity contribution in [2.45, 2.75) is 45.4 Å². The molecule has 0 radical (unpaired) electrons. The normalized spacial score (nSPS) is 13.3. The molecule has 0 unspecified atom stereocenters. The second kappa shape index (κ2) is 12.9. The summed E-state index contributed by atoms with van der Waals surface area (Å²) in [6, 6.07) is 16.5. The molecule has 1 aromatic heterocycles. The van der Waals surface area contributed by atoms with E-state index in [-0.39, 0.29) is 23.8 Å². The number of nitrogens with two attached hydrogens (primary N) is 1. The Bertz CT molecular complexity index is 1490. The molecule has 10 heteroatoms. The molecule has 4 rings (SSSR count). The second-order valence-corrected chi connectivity index (χ2v) is 9.73. The van der Waals surface area contributed by atoms with Crippen LogP contribution >= 0.6 is 0 Å². The summed E-state index contributed by atoms with van der Waals surface area (Å²) in [5.74, 6) is -2.13. The van der Waals surface area contributed by atoms with Crippen LogP contribution in [0.25, 0.3) is 10.8 Å². The molecular weight excluding hydrogens is 510 g/mol. The van der Waals surface area contributed by atoms with Gasteiger partial charge in [-0.2, -0.15) is 0 Å². The lowest BCUT2D eigenvalue weighted by molar-refractivity contribution is -0.140. The van der Waals surface area contributed by atoms with Gasteiger partial charge in [-0.15, -0.1) is 0 Å². The van der Waals surface area contributed by atoms with Gasteiger partial charge in [-0.05, 0) is 46.9 Å². The zero-order valence-electron chi connectivity index (χ0n) is 22.4. The maximum Gasteiger partial charge on any atom is 0.326 e. The Labute approximate surface area is 232 Å². The van der Waals surface area contributed by atoms with Gasteiger partial charge in [-0.25, -0.2) is 9.78 Å². The average Bonchev–Trinajstić information content (AvgIpc) is 3.48. The molecule has 40 heavy (non-hydrogen) atoms. The van der Waals surface area contributed by atoms with Gasteiger partial charge in [0.25, 0.3) is 5.91 Å². The molecule has 208 valence electrons. The number of hydrogen-bond acceptors (Lipinski definition) is 6. The largest absolute Gasteiger partial charge is 0.485 e. The van der Waals surface area contributed by atoms with Gasteiger partial charge in [0.1, 0.15) is 18.4 Å². The number of nitrogens with zero attached hydrogens (tertiary/aromatic N) is 1. The minimum absolute atomic E-state index is 0.0989. The summed E-state index contributed by atoms with van der Waals surface area (Å²) in [5, 5.41) is 17.1. The lowest BCUT2D eigenvalue weighted by Crippen LogP contribution is -2.45. The molecule has 0 fully saturated rings. The Kier molecular flexibility index (Phi) is 9.13. The number of carboxylic acid groups (broad SMARTS) is 1. The number of fused-ring (bicyclic) bond motifs is 1. The number of rotatable bonds is 12. The van der Waals surface area contributed by atoms with Crippen molar-refractivity contribution in [3.8, 4) is 5.75 Å². The molecule has 0 aliphatic carbocycles. The first-order valence-corrected chi connectivity index (χ1v) is 13.1. The molecular formula is C30H33N5O5. The van der Waals surface area contributed by atoms with Crippen molar-refractivity contribution in [2.75, 3.05) is 5.32 Å². The summed E-state index contributed by atoms with van der Waals surface area (Å²) in [7, 11) is 0. The van der Waals surface area contributed by atoms with E-state index in [4.69, 9.17) is 10.5 Å². The number of aromatic amines is 1. The Morgan fingerprint density at radius 3 is 2.55 bits per heavy atom. The highest BCUT2D eigenvalue weighted by molar-refractivity contribution is 6.00. The van der Waals surface area contributed by atoms with Crippen molar-refractivity contribution in [3.63, 3.8) is 0 Å². The first-order valence-electron chi connectivity index (χ1n) is 13.1. The molecule has 6 N–H and O–H groups in total. The van der Waals surface area contributed by atoms with E-state index in [1.165, 1.54) is 24.5 Å². The van der Waals surface area contributed by atoms with Crippen LogP contribution in [0.2, 0.25) is 0 Å². The molecule has 1 heterocycles. The number of nitrogens with one attached hydrogen (secondary N) is 3. The number of hydrogen-bond donors (Lipinski definition) is 5. The number of amides is 2. The predicted octanol–water partition coefficient (Wildman–Crippen LogP) is 3.88. The van der Waals surface area contributed by atoms with E-state index < -0.39 is 29.9 Å². The van der Waals surface area contributed by atoms with Crippen LogP contribution in [0.15, 0.2) is 73.2 Å². The van der Waals surface area contributed by atoms with E-state index in [1.807, 2.05) is 49.4 Å². The quantitative estimate of drug-likeness (QED) is 0.181. The van der Waals surface area contributed by atoms with Crippen LogP contribution in [-0.4, -0.2) is 44.9 Å². The number of carbonyl (C=O) groups is 3. The van der Waals surface area contributed by atoms with Gasteiger partial charge >= 0.3 is 5.97 Å². The number of aliphatic carboxylic acids is 1. The Morgan fingerprint density at radius 1 is 1.07 bits per heavy atom. The lowest BCUT2D eigenvalue weighted by atomic mass is 9.99. The SMILES string of the molecule is CC[C@H](C)[C@H](NC(=O)c1ccc(NC(=O)[C@@H](N)Cc2ccc3ccccc3c2)c(OCc2cnc[nH]2)c1)C(=O)O. The third-order valence-corrected chi connectivity index (χ3v) is 6.81. The van der Waals surface area contributed by atoms with Crippen LogP contribution in [0.5, 0.6) is 5.75 Å². The Morgan fingerprint density at radius 2 is 1.85 bits per heavy atom. The molecule has 0 aliphatic rings. The minimum Gasteiger partial charge on any atom is -0.485 e. The first-order chi connectivity index (χ1) is 19.2. The highest BCUT2D eigenvalue weighted by atomic mass is 16.5. The molecule has 0 aliphatic heterocycles. The average molecular weight is 544 g/mol. The molecule has 0 saturated carbocycles. The third-order valence-electron chi connectivity index (χ3n) is 6.81. The monoisotopic (exact) mass is 543 g/mol. The third kappa shape index (κ3) is 7.03. The molecule has 3 aromatic carbocycles. The summed E-state index contributed by atoms with van der Waals surface area (Å²) in [6.45, 7) is 3.72. The number of imidazole rings is 1. The summed E-state index contributed by atoms with van der Waals surface area (Å²) in [4.78, 5) is 44.6. The smallest absolute Gasteiger partial charge is 0.326 e. The second-order valence-electron chi connectivity index (χ2n) is 9.73. The van der Waals surface area contributed by atoms with Crippen molar-refractivity contribution in [3.05, 3.63) is 90.0 Å². The van der Waals surface area contributed by atoms with E-state index in [9.17, 15) is 19.5 Å². The molecule has 4 aromatic rings. The van der Waals surface area contributed by atoms with Crippen molar-refractivity contribution < 1.29 is 24.2 Å². The van der Waals surface area contributed by atoms with Crippen LogP contribution in [0, 0.1) is 5.92 Å². The van der Waals surface area contributed by atoms with E-state index in [2.05, 4.69) is 20.6 Å². The number of aromatic nitrogens is 2. The van der Waals surface area contributed by atoms with Gasteiger partial charge in [0.15, 0.2) is 0 Å². The van der Waals surface area contributed by atoms with Gasteiger partial charge in [0, 0.05) is 5.56 Å². The zero-order valence-corrected chi connectivity index (χ0v) is 22.4. The van der Waals surface area contributed by atoms with Crippen molar-refractivity contribution in [1.82, 2.24) is 15.3 Å². The standard InChI is InChI=1S/C30H33N5O5/c1-3-18(2)27(30(38)39)35-28(36)22-10-11-25(26(14-22)40-16-23-15-32-17-33-23)34-29(37)24(31)13-19-8-9-20-6-4-5-7-21(20)12-19/h4-12,14-15,17-18,24,27H,3,13,16,31H2,1-2H3,(H,32,33)(H,34,37)(H,35,36)(H,38,39)/t18-,24-,27-/m0/s1. The molecule has 0 spiro atoms. The van der Waals surface area contributed by atoms with Gasteiger partial charge in [-0.3, -0.25) is 9.59 Å². The number of H-pyrrole nitrogens is 1. The maximum atomic E-state index is 13.1. The fourth-order valence-corrected chi connectivity index (χ4v) is 4.25. The molecule has 10 nitrogen and oxygen atoms in total. The van der Waals surface area contributed by atoms with Crippen LogP contribution < -0.4 is 21.1 Å². The van der Waals surface area contributed by atoms with Crippen molar-refractivity contribution >= 4 is 34.2 Å². The first kappa shape index (κ1) is 28.3. The van der Waals surface area contributed by atoms with E-state index >= 15 is 0 Å². The van der Waals surface area contributed by atoms with E-state index in [0.29, 0.717) is 24.2 Å². The van der Waals surface area contributed by atoms with Gasteiger partial charge in [-0.1, -0.05) is 62.7 Å². The highest BCUT2D eigenvalue weighted by Gasteiger charge is 2.26. The van der Waals surface area contributed by atoms with Crippen LogP contribution in [-0.2, 0) is 22.6 Å². The van der Waals surface area contributed by atoms with Crippen molar-refractivity contribution in [1.29, 1.82) is 0 Å². The lowest BCUT2D eigenvalue weighted by Gasteiger charge is -2.21. The number of anilines is 1. The van der Waals surface area contributed by atoms with E-state index in [1.54, 1.807) is 13.1 Å². The number of carboxylic acids is 1. The van der Waals surface area contributed by atoms with Crippen LogP contribution in [0.3, 0.4) is 0 Å². The number of benzene rings is 3. The molecule has 0 bridgehead atoms. The summed E-state index contributed by atoms with van der Waals surface area (Å²) in [6.07, 6.45) is 4.02. The topological polar surface area (TPSA) is 159 Å². The van der Waals surface area contributed by atoms with E-state index in [0.717, 1.165) is 16.3 Å². The summed E-state index contributed by atoms with van der Waals surface area (Å²) >= 11 is 0. The van der Waals surface area contributed by atoms with Crippen LogP contribution in [0.1, 0.15) is 41.9 Å². The fraction of sp³-hybridized carbons (Fsp3) is 0.267. The minimum atomic E-state index is -1.11. The molecule has 2 amide bonds. The maximum absolute atomic E-state index is 13.1. The zero-order chi connectivity index (χ0) is 28.6. The Hall–Kier alpha value is -4.70. The summed E-state index contributed by atoms with van der Waals surface area (Å²) < 4.78 is 5.92. The number of carbonyl (C=O) groups excluding carboxylic acids is 2. The molecule has 3 atom stereocenters. The van der Waals surface area contributed by atoms with Gasteiger partial charge in [0.05, 0.1) is 29.9 Å². The van der Waals surface area contributed by atoms with Gasteiger partial charge < -0.3 is 31.2 Å². The Balaban J connectivity index is 1.51. The van der Waals surface area contributed by atoms with Gasteiger partial charge in [0.2, 0.25) is 5.91 Å². The van der Waals surface area contributed by atoms with Crippen molar-refractivity contribution in [2.24, 2.45) is 11.7 Å².